The first-order chi connectivity index (χ1) is 13.2. The second-order valence-electron chi connectivity index (χ2n) is 7.68. The molecule has 0 bridgehead atoms. The Morgan fingerprint density at radius 1 is 1.26 bits per heavy atom. The highest BCUT2D eigenvalue weighted by Crippen LogP contribution is 2.38. The molecule has 27 heavy (non-hydrogen) atoms. The van der Waals surface area contributed by atoms with Crippen LogP contribution in [0.5, 0.6) is 0 Å². The zero-order valence-electron chi connectivity index (χ0n) is 16.2. The molecule has 1 N–H and O–H groups in total. The smallest absolute Gasteiger partial charge is 0.194 e. The number of nitrogens with one attached hydrogen (secondary N) is 1. The topological polar surface area (TPSA) is 67.6 Å². The van der Waals surface area contributed by atoms with Gasteiger partial charge in [0.05, 0.1) is 19.7 Å². The number of benzene rings is 1. The molecular formula is C20H28N6O. The van der Waals surface area contributed by atoms with E-state index in [0.717, 1.165) is 50.3 Å². The number of guanidine groups is 1. The molecule has 0 saturated carbocycles. The van der Waals surface area contributed by atoms with Gasteiger partial charge in [-0.25, -0.2) is 4.99 Å². The Kier molecular flexibility index (Phi) is 5.11. The second kappa shape index (κ2) is 7.68. The Balaban J connectivity index is 1.49. The fourth-order valence-corrected chi connectivity index (χ4v) is 3.87. The quantitative estimate of drug-likeness (QED) is 0.659. The lowest BCUT2D eigenvalue weighted by atomic mass is 9.87. The molecule has 2 saturated heterocycles. The molecule has 1 aromatic carbocycles. The van der Waals surface area contributed by atoms with Crippen LogP contribution in [0, 0.1) is 12.3 Å². The van der Waals surface area contributed by atoms with Gasteiger partial charge in [0.2, 0.25) is 0 Å². The van der Waals surface area contributed by atoms with Gasteiger partial charge in [0.1, 0.15) is 5.82 Å². The fourth-order valence-electron chi connectivity index (χ4n) is 3.87. The maximum absolute atomic E-state index is 5.68. The van der Waals surface area contributed by atoms with Crippen molar-refractivity contribution >= 4 is 5.96 Å². The van der Waals surface area contributed by atoms with Crippen molar-refractivity contribution in [2.45, 2.75) is 32.9 Å². The lowest BCUT2D eigenvalue weighted by Crippen LogP contribution is -2.41. The van der Waals surface area contributed by atoms with E-state index in [2.05, 4.69) is 44.7 Å². The maximum Gasteiger partial charge on any atom is 0.194 e. The van der Waals surface area contributed by atoms with Gasteiger partial charge in [-0.3, -0.25) is 0 Å². The lowest BCUT2D eigenvalue weighted by Gasteiger charge is -2.25. The Hall–Kier alpha value is -2.41. The van der Waals surface area contributed by atoms with E-state index in [9.17, 15) is 0 Å². The summed E-state index contributed by atoms with van der Waals surface area (Å²) in [6.45, 7) is 7.03. The number of nitrogens with zero attached hydrogens (tertiary/aromatic N) is 5. The van der Waals surface area contributed by atoms with Crippen molar-refractivity contribution < 1.29 is 4.74 Å². The van der Waals surface area contributed by atoms with E-state index in [1.54, 1.807) is 0 Å². The first-order valence-electron chi connectivity index (χ1n) is 9.65. The van der Waals surface area contributed by atoms with E-state index in [1.807, 2.05) is 24.6 Å². The Morgan fingerprint density at radius 2 is 2.11 bits per heavy atom. The van der Waals surface area contributed by atoms with Gasteiger partial charge in [-0.05, 0) is 25.3 Å². The van der Waals surface area contributed by atoms with Crippen LogP contribution in [0.2, 0.25) is 0 Å². The van der Waals surface area contributed by atoms with Crippen molar-refractivity contribution in [3.8, 4) is 0 Å². The molecule has 4 rings (SSSR count). The summed E-state index contributed by atoms with van der Waals surface area (Å²) in [5.41, 5.74) is 1.51. The molecule has 2 aliphatic rings. The van der Waals surface area contributed by atoms with Crippen LogP contribution in [-0.2, 0) is 24.9 Å². The minimum absolute atomic E-state index is 0.302. The zero-order chi connectivity index (χ0) is 18.7. The van der Waals surface area contributed by atoms with Gasteiger partial charge >= 0.3 is 0 Å². The first kappa shape index (κ1) is 18.0. The Morgan fingerprint density at radius 3 is 2.81 bits per heavy atom. The van der Waals surface area contributed by atoms with E-state index in [-0.39, 0.29) is 0 Å². The monoisotopic (exact) mass is 368 g/mol. The van der Waals surface area contributed by atoms with Gasteiger partial charge in [-0.1, -0.05) is 30.3 Å². The SMILES string of the molecule is Cc1nnc(CNC(=NCc2ccccc2)N2CCC3(CCOC3)C2)n1C. The highest BCUT2D eigenvalue weighted by molar-refractivity contribution is 5.80. The number of hydrogen-bond donors (Lipinski definition) is 1. The Bertz CT molecular complexity index is 794. The summed E-state index contributed by atoms with van der Waals surface area (Å²) in [6.07, 6.45) is 2.32. The second-order valence-corrected chi connectivity index (χ2v) is 7.68. The third-order valence-corrected chi connectivity index (χ3v) is 5.76. The van der Waals surface area contributed by atoms with Crippen LogP contribution in [-0.4, -0.2) is 51.9 Å². The molecule has 0 amide bonds. The van der Waals surface area contributed by atoms with E-state index in [0.29, 0.717) is 18.5 Å². The average Bonchev–Trinajstić information content (AvgIpc) is 3.41. The molecule has 1 aromatic heterocycles. The van der Waals surface area contributed by atoms with Crippen LogP contribution in [0.25, 0.3) is 0 Å². The highest BCUT2D eigenvalue weighted by Gasteiger charge is 2.42. The molecule has 3 heterocycles. The predicted octanol–water partition coefficient (Wildman–Crippen LogP) is 1.88. The minimum Gasteiger partial charge on any atom is -0.381 e. The molecule has 1 atom stereocenters. The predicted molar refractivity (Wildman–Crippen MR) is 104 cm³/mol. The summed E-state index contributed by atoms with van der Waals surface area (Å²) in [7, 11) is 1.99. The zero-order valence-corrected chi connectivity index (χ0v) is 16.2. The maximum atomic E-state index is 5.68. The van der Waals surface area contributed by atoms with Gasteiger partial charge in [0, 0.05) is 32.2 Å². The number of likely N-dealkylation sites (tertiary alicyclic amines) is 1. The van der Waals surface area contributed by atoms with Crippen molar-refractivity contribution in [2.75, 3.05) is 26.3 Å². The van der Waals surface area contributed by atoms with Gasteiger partial charge in [0.25, 0.3) is 0 Å². The van der Waals surface area contributed by atoms with Crippen LogP contribution in [0.15, 0.2) is 35.3 Å². The van der Waals surface area contributed by atoms with Crippen molar-refractivity contribution in [3.63, 3.8) is 0 Å². The molecular weight excluding hydrogens is 340 g/mol. The van der Waals surface area contributed by atoms with Crippen molar-refractivity contribution in [1.29, 1.82) is 0 Å². The molecule has 2 fully saturated rings. The number of aromatic nitrogens is 3. The van der Waals surface area contributed by atoms with E-state index < -0.39 is 0 Å². The van der Waals surface area contributed by atoms with Gasteiger partial charge in [0.15, 0.2) is 11.8 Å². The van der Waals surface area contributed by atoms with Crippen LogP contribution in [0.1, 0.15) is 30.1 Å². The standard InChI is InChI=1S/C20H28N6O/c1-16-23-24-18(25(16)2)13-22-19(21-12-17-6-4-3-5-7-17)26-10-8-20(14-26)9-11-27-15-20/h3-7H,8-15H2,1-2H3,(H,21,22). The molecule has 7 nitrogen and oxygen atoms in total. The molecule has 144 valence electrons. The van der Waals surface area contributed by atoms with E-state index in [1.165, 1.54) is 12.0 Å². The summed E-state index contributed by atoms with van der Waals surface area (Å²) in [6, 6.07) is 10.4. The molecule has 2 aliphatic heterocycles. The average molecular weight is 368 g/mol. The van der Waals surface area contributed by atoms with Crippen LogP contribution in [0.3, 0.4) is 0 Å². The molecule has 1 spiro atoms. The minimum atomic E-state index is 0.302. The van der Waals surface area contributed by atoms with Crippen molar-refractivity contribution in [3.05, 3.63) is 47.5 Å². The molecule has 7 heteroatoms. The van der Waals surface area contributed by atoms with Crippen LogP contribution in [0.4, 0.5) is 0 Å². The summed E-state index contributed by atoms with van der Waals surface area (Å²) in [4.78, 5) is 7.29. The van der Waals surface area contributed by atoms with Gasteiger partial charge in [-0.15, -0.1) is 10.2 Å². The first-order valence-corrected chi connectivity index (χ1v) is 9.65. The molecule has 2 aromatic rings. The van der Waals surface area contributed by atoms with Crippen molar-refractivity contribution in [2.24, 2.45) is 17.5 Å². The third kappa shape index (κ3) is 3.98. The molecule has 0 aliphatic carbocycles. The van der Waals surface area contributed by atoms with E-state index >= 15 is 0 Å². The van der Waals surface area contributed by atoms with Crippen molar-refractivity contribution in [1.82, 2.24) is 25.0 Å². The number of rotatable bonds is 4. The number of hydrogen-bond acceptors (Lipinski definition) is 4. The van der Waals surface area contributed by atoms with E-state index in [4.69, 9.17) is 9.73 Å². The number of aliphatic imine (C=N–C) groups is 1. The normalized spacial score (nSPS) is 22.7. The summed E-state index contributed by atoms with van der Waals surface area (Å²) < 4.78 is 7.69. The van der Waals surface area contributed by atoms with Crippen LogP contribution >= 0.6 is 0 Å². The van der Waals surface area contributed by atoms with Crippen LogP contribution < -0.4 is 5.32 Å². The summed E-state index contributed by atoms with van der Waals surface area (Å²) in [5, 5.41) is 11.9. The lowest BCUT2D eigenvalue weighted by molar-refractivity contribution is 0.156. The summed E-state index contributed by atoms with van der Waals surface area (Å²) in [5.74, 6) is 2.78. The third-order valence-electron chi connectivity index (χ3n) is 5.76. The number of ether oxygens (including phenoxy) is 1. The Labute approximate surface area is 160 Å². The molecule has 0 radical (unpaired) electrons. The van der Waals surface area contributed by atoms with Gasteiger partial charge < -0.3 is 19.5 Å². The van der Waals surface area contributed by atoms with Gasteiger partial charge in [-0.2, -0.15) is 0 Å². The largest absolute Gasteiger partial charge is 0.381 e. The number of aryl methyl sites for hydroxylation is 1. The summed E-state index contributed by atoms with van der Waals surface area (Å²) >= 11 is 0. The molecule has 1 unspecified atom stereocenters. The highest BCUT2D eigenvalue weighted by atomic mass is 16.5. The fraction of sp³-hybridized carbons (Fsp3) is 0.550.